The number of nitrogen functional groups attached to an aromatic ring is 1. The SMILES string of the molecule is Nc1ccc2c(c1)N=NC(C1CCC(=O)NC1=O)C2=O. The summed E-state index contributed by atoms with van der Waals surface area (Å²) in [7, 11) is 0. The van der Waals surface area contributed by atoms with Crippen LogP contribution in [0, 0.1) is 5.92 Å². The van der Waals surface area contributed by atoms with Gasteiger partial charge < -0.3 is 5.73 Å². The molecule has 2 heterocycles. The van der Waals surface area contributed by atoms with Crippen LogP contribution in [0.3, 0.4) is 0 Å². The number of carbonyl (C=O) groups excluding carboxylic acids is 3. The van der Waals surface area contributed by atoms with E-state index in [9.17, 15) is 14.4 Å². The minimum atomic E-state index is -0.862. The molecule has 3 rings (SSSR count). The number of carbonyl (C=O) groups is 3. The average Bonchev–Trinajstić information content (AvgIpc) is 2.40. The van der Waals surface area contributed by atoms with Crippen LogP contribution in [0.25, 0.3) is 0 Å². The lowest BCUT2D eigenvalue weighted by Crippen LogP contribution is -2.47. The topological polar surface area (TPSA) is 114 Å². The van der Waals surface area contributed by atoms with Crippen molar-refractivity contribution in [2.45, 2.75) is 18.9 Å². The van der Waals surface area contributed by atoms with Gasteiger partial charge in [-0.1, -0.05) is 0 Å². The van der Waals surface area contributed by atoms with Gasteiger partial charge in [-0.25, -0.2) is 0 Å². The maximum Gasteiger partial charge on any atom is 0.232 e. The van der Waals surface area contributed by atoms with Gasteiger partial charge in [0.05, 0.1) is 11.6 Å². The quantitative estimate of drug-likeness (QED) is 0.585. The van der Waals surface area contributed by atoms with Crippen molar-refractivity contribution in [1.29, 1.82) is 0 Å². The molecule has 0 saturated carbocycles. The maximum absolute atomic E-state index is 12.4. The molecule has 0 aromatic heterocycles. The van der Waals surface area contributed by atoms with Crippen LogP contribution in [-0.2, 0) is 9.59 Å². The first-order valence-corrected chi connectivity index (χ1v) is 6.24. The molecule has 1 aromatic rings. The number of benzene rings is 1. The van der Waals surface area contributed by atoms with Crippen molar-refractivity contribution in [3.05, 3.63) is 23.8 Å². The van der Waals surface area contributed by atoms with Crippen molar-refractivity contribution < 1.29 is 14.4 Å². The number of amides is 2. The van der Waals surface area contributed by atoms with E-state index in [0.29, 0.717) is 23.4 Å². The zero-order valence-electron chi connectivity index (χ0n) is 10.5. The van der Waals surface area contributed by atoms with Crippen molar-refractivity contribution in [2.75, 3.05) is 5.73 Å². The number of hydrogen-bond acceptors (Lipinski definition) is 6. The molecule has 2 unspecified atom stereocenters. The summed E-state index contributed by atoms with van der Waals surface area (Å²) in [6, 6.07) is 3.90. The summed E-state index contributed by atoms with van der Waals surface area (Å²) in [5, 5.41) is 10.1. The number of piperidine rings is 1. The molecule has 2 aliphatic rings. The molecule has 0 spiro atoms. The number of Topliss-reactive ketones (excluding diaryl/α,β-unsaturated/α-hetero) is 1. The third-order valence-electron chi connectivity index (χ3n) is 3.51. The van der Waals surface area contributed by atoms with Gasteiger partial charge in [0.2, 0.25) is 11.8 Å². The smallest absolute Gasteiger partial charge is 0.232 e. The van der Waals surface area contributed by atoms with Crippen LogP contribution in [0.5, 0.6) is 0 Å². The van der Waals surface area contributed by atoms with E-state index in [1.54, 1.807) is 18.2 Å². The van der Waals surface area contributed by atoms with Crippen LogP contribution in [-0.4, -0.2) is 23.6 Å². The van der Waals surface area contributed by atoms with Gasteiger partial charge in [0.1, 0.15) is 6.04 Å². The van der Waals surface area contributed by atoms with E-state index in [-0.39, 0.29) is 18.1 Å². The molecular formula is C13H12N4O3. The summed E-state index contributed by atoms with van der Waals surface area (Å²) in [4.78, 5) is 35.3. The summed E-state index contributed by atoms with van der Waals surface area (Å²) in [6.45, 7) is 0. The number of nitrogens with one attached hydrogen (secondary N) is 1. The fraction of sp³-hybridized carbons (Fsp3) is 0.308. The second-order valence-electron chi connectivity index (χ2n) is 4.86. The summed E-state index contributed by atoms with van der Waals surface area (Å²) in [6.07, 6.45) is 0.523. The van der Waals surface area contributed by atoms with Gasteiger partial charge in [-0.05, 0) is 24.6 Å². The Labute approximate surface area is 114 Å². The third kappa shape index (κ3) is 1.97. The van der Waals surface area contributed by atoms with Crippen LogP contribution in [0.15, 0.2) is 28.4 Å². The molecular weight excluding hydrogens is 260 g/mol. The van der Waals surface area contributed by atoms with E-state index in [1.807, 2.05) is 0 Å². The molecule has 2 aliphatic heterocycles. The summed E-state index contributed by atoms with van der Waals surface area (Å²) >= 11 is 0. The molecule has 0 radical (unpaired) electrons. The molecule has 1 saturated heterocycles. The van der Waals surface area contributed by atoms with Crippen molar-refractivity contribution >= 4 is 29.0 Å². The van der Waals surface area contributed by atoms with E-state index in [2.05, 4.69) is 15.5 Å². The number of nitrogens with zero attached hydrogens (tertiary/aromatic N) is 2. The van der Waals surface area contributed by atoms with Crippen molar-refractivity contribution in [2.24, 2.45) is 16.1 Å². The fourth-order valence-corrected chi connectivity index (χ4v) is 2.45. The number of nitrogens with two attached hydrogens (primary N) is 1. The number of azo groups is 1. The largest absolute Gasteiger partial charge is 0.399 e. The van der Waals surface area contributed by atoms with Crippen molar-refractivity contribution in [3.8, 4) is 0 Å². The van der Waals surface area contributed by atoms with Gasteiger partial charge in [-0.2, -0.15) is 10.2 Å². The predicted octanol–water partition coefficient (Wildman–Crippen LogP) is 0.970. The standard InChI is InChI=1S/C13H12N4O3/c14-6-1-2-7-9(5-6)16-17-11(12(7)19)8-3-4-10(18)15-13(8)20/h1-2,5,8,11H,3-4,14H2,(H,15,18,20). The lowest BCUT2D eigenvalue weighted by molar-refractivity contribution is -0.136. The Morgan fingerprint density at radius 3 is 2.80 bits per heavy atom. The molecule has 2 amide bonds. The highest BCUT2D eigenvalue weighted by Crippen LogP contribution is 2.33. The van der Waals surface area contributed by atoms with E-state index < -0.39 is 17.9 Å². The molecule has 1 aromatic carbocycles. The number of fused-ring (bicyclic) bond motifs is 1. The lowest BCUT2D eigenvalue weighted by atomic mass is 9.85. The van der Waals surface area contributed by atoms with Gasteiger partial charge in [-0.3, -0.25) is 19.7 Å². The fourth-order valence-electron chi connectivity index (χ4n) is 2.45. The zero-order chi connectivity index (χ0) is 14.3. The van der Waals surface area contributed by atoms with Gasteiger partial charge in [0, 0.05) is 17.7 Å². The molecule has 1 fully saturated rings. The first-order chi connectivity index (χ1) is 9.56. The van der Waals surface area contributed by atoms with Crippen molar-refractivity contribution in [1.82, 2.24) is 5.32 Å². The van der Waals surface area contributed by atoms with Crippen LogP contribution in [0.2, 0.25) is 0 Å². The highest BCUT2D eigenvalue weighted by molar-refractivity contribution is 6.09. The normalized spacial score (nSPS) is 25.3. The Kier molecular flexibility index (Phi) is 2.81. The molecule has 3 N–H and O–H groups in total. The second-order valence-corrected chi connectivity index (χ2v) is 4.86. The summed E-state index contributed by atoms with van der Waals surface area (Å²) in [5.74, 6) is -1.68. The first-order valence-electron chi connectivity index (χ1n) is 6.24. The minimum Gasteiger partial charge on any atom is -0.399 e. The van der Waals surface area contributed by atoms with Crippen LogP contribution in [0.1, 0.15) is 23.2 Å². The number of ketones is 1. The Morgan fingerprint density at radius 2 is 2.05 bits per heavy atom. The lowest BCUT2D eigenvalue weighted by Gasteiger charge is -2.26. The molecule has 7 heteroatoms. The Bertz CT molecular complexity index is 653. The Hall–Kier alpha value is -2.57. The minimum absolute atomic E-state index is 0.213. The van der Waals surface area contributed by atoms with Gasteiger partial charge in [-0.15, -0.1) is 0 Å². The van der Waals surface area contributed by atoms with E-state index in [0.717, 1.165) is 0 Å². The monoisotopic (exact) mass is 272 g/mol. The number of rotatable bonds is 1. The molecule has 0 aliphatic carbocycles. The van der Waals surface area contributed by atoms with E-state index in [4.69, 9.17) is 5.73 Å². The van der Waals surface area contributed by atoms with Gasteiger partial charge in [0.15, 0.2) is 5.78 Å². The van der Waals surface area contributed by atoms with E-state index in [1.165, 1.54) is 0 Å². The Balaban J connectivity index is 1.91. The number of imide groups is 1. The maximum atomic E-state index is 12.4. The van der Waals surface area contributed by atoms with Crippen molar-refractivity contribution in [3.63, 3.8) is 0 Å². The summed E-state index contributed by atoms with van der Waals surface area (Å²) in [5.41, 5.74) is 6.94. The highest BCUT2D eigenvalue weighted by atomic mass is 16.2. The predicted molar refractivity (Wildman–Crippen MR) is 69.4 cm³/mol. The Morgan fingerprint density at radius 1 is 1.25 bits per heavy atom. The van der Waals surface area contributed by atoms with Crippen LogP contribution >= 0.6 is 0 Å². The second kappa shape index (κ2) is 4.52. The number of anilines is 1. The molecule has 20 heavy (non-hydrogen) atoms. The molecule has 7 nitrogen and oxygen atoms in total. The first kappa shape index (κ1) is 12.5. The van der Waals surface area contributed by atoms with Gasteiger partial charge >= 0.3 is 0 Å². The molecule has 102 valence electrons. The zero-order valence-corrected chi connectivity index (χ0v) is 10.5. The molecule has 2 atom stereocenters. The average molecular weight is 272 g/mol. The third-order valence-corrected chi connectivity index (χ3v) is 3.51. The summed E-state index contributed by atoms with van der Waals surface area (Å²) < 4.78 is 0. The highest BCUT2D eigenvalue weighted by Gasteiger charge is 2.40. The van der Waals surface area contributed by atoms with Gasteiger partial charge in [0.25, 0.3) is 0 Å². The van der Waals surface area contributed by atoms with E-state index >= 15 is 0 Å². The van der Waals surface area contributed by atoms with Crippen LogP contribution in [0.4, 0.5) is 11.4 Å². The number of hydrogen-bond donors (Lipinski definition) is 2. The van der Waals surface area contributed by atoms with Crippen LogP contribution < -0.4 is 11.1 Å². The molecule has 0 bridgehead atoms.